The number of aromatic nitrogens is 4. The Hall–Kier alpha value is -3.37. The summed E-state index contributed by atoms with van der Waals surface area (Å²) in [6.45, 7) is 0. The van der Waals surface area contributed by atoms with Crippen LogP contribution < -0.4 is 0 Å². The summed E-state index contributed by atoms with van der Waals surface area (Å²) < 4.78 is 83.4. The fourth-order valence-corrected chi connectivity index (χ4v) is 2.58. The lowest BCUT2D eigenvalue weighted by atomic mass is 10.2. The Morgan fingerprint density at radius 3 is 2.39 bits per heavy atom. The predicted octanol–water partition coefficient (Wildman–Crippen LogP) is 5.11. The number of benzene rings is 1. The maximum Gasteiger partial charge on any atom is 0.435 e. The second-order valence-electron chi connectivity index (χ2n) is 5.74. The SMILES string of the molecule is FC(F)(F)c1ccc2oc(-c3ccncc3-n3ccc(C(F)(F)F)n3)nc2c1. The lowest BCUT2D eigenvalue weighted by Gasteiger charge is -2.06. The van der Waals surface area contributed by atoms with E-state index in [1.54, 1.807) is 0 Å². The molecule has 144 valence electrons. The minimum Gasteiger partial charge on any atom is -0.436 e. The molecule has 4 rings (SSSR count). The maximum absolute atomic E-state index is 12.9. The molecule has 0 spiro atoms. The lowest BCUT2D eigenvalue weighted by molar-refractivity contribution is -0.141. The molecule has 0 radical (unpaired) electrons. The molecular formula is C17H8F6N4O. The lowest BCUT2D eigenvalue weighted by Crippen LogP contribution is -2.07. The summed E-state index contributed by atoms with van der Waals surface area (Å²) in [5, 5.41) is 3.47. The first-order valence-corrected chi connectivity index (χ1v) is 7.68. The molecule has 0 N–H and O–H groups in total. The largest absolute Gasteiger partial charge is 0.436 e. The van der Waals surface area contributed by atoms with Gasteiger partial charge < -0.3 is 4.42 Å². The van der Waals surface area contributed by atoms with Gasteiger partial charge in [-0.1, -0.05) is 0 Å². The van der Waals surface area contributed by atoms with Crippen molar-refractivity contribution in [2.75, 3.05) is 0 Å². The van der Waals surface area contributed by atoms with Crippen molar-refractivity contribution in [3.8, 4) is 17.1 Å². The Kier molecular flexibility index (Phi) is 3.91. The predicted molar refractivity (Wildman–Crippen MR) is 84.4 cm³/mol. The van der Waals surface area contributed by atoms with E-state index in [-0.39, 0.29) is 28.2 Å². The molecule has 0 fully saturated rings. The van der Waals surface area contributed by atoms with Crippen molar-refractivity contribution in [3.05, 3.63) is 60.2 Å². The Morgan fingerprint density at radius 1 is 0.929 bits per heavy atom. The number of nitrogens with zero attached hydrogens (tertiary/aromatic N) is 4. The minimum atomic E-state index is -4.63. The van der Waals surface area contributed by atoms with Crippen LogP contribution in [0.2, 0.25) is 0 Å². The van der Waals surface area contributed by atoms with Gasteiger partial charge in [-0.2, -0.15) is 31.4 Å². The summed E-state index contributed by atoms with van der Waals surface area (Å²) in [7, 11) is 0. The van der Waals surface area contributed by atoms with Crippen LogP contribution in [-0.2, 0) is 12.4 Å². The number of oxazole rings is 1. The Balaban J connectivity index is 1.81. The van der Waals surface area contributed by atoms with E-state index < -0.39 is 23.6 Å². The van der Waals surface area contributed by atoms with Gasteiger partial charge in [-0.3, -0.25) is 4.98 Å². The number of hydrogen-bond acceptors (Lipinski definition) is 4. The number of halogens is 6. The van der Waals surface area contributed by atoms with Crippen LogP contribution in [0, 0.1) is 0 Å². The number of pyridine rings is 1. The summed E-state index contributed by atoms with van der Waals surface area (Å²) in [5.41, 5.74) is -1.59. The number of rotatable bonds is 2. The monoisotopic (exact) mass is 398 g/mol. The van der Waals surface area contributed by atoms with E-state index in [9.17, 15) is 26.3 Å². The maximum atomic E-state index is 12.9. The second kappa shape index (κ2) is 6.08. The van der Waals surface area contributed by atoms with Crippen LogP contribution in [0.4, 0.5) is 26.3 Å². The van der Waals surface area contributed by atoms with E-state index in [4.69, 9.17) is 4.42 Å². The van der Waals surface area contributed by atoms with E-state index in [1.165, 1.54) is 18.5 Å². The van der Waals surface area contributed by atoms with Gasteiger partial charge in [0.05, 0.1) is 23.0 Å². The molecule has 0 aliphatic heterocycles. The van der Waals surface area contributed by atoms with Gasteiger partial charge in [-0.25, -0.2) is 9.67 Å². The molecule has 0 amide bonds. The third kappa shape index (κ3) is 3.19. The molecule has 0 saturated carbocycles. The summed E-state index contributed by atoms with van der Waals surface area (Å²) in [6, 6.07) is 5.02. The molecule has 3 heterocycles. The van der Waals surface area contributed by atoms with Crippen LogP contribution in [-0.4, -0.2) is 19.7 Å². The summed E-state index contributed by atoms with van der Waals surface area (Å²) in [6.07, 6.45) is -5.48. The highest BCUT2D eigenvalue weighted by molar-refractivity contribution is 5.78. The topological polar surface area (TPSA) is 56.7 Å². The van der Waals surface area contributed by atoms with Gasteiger partial charge in [0.1, 0.15) is 5.52 Å². The van der Waals surface area contributed by atoms with E-state index in [2.05, 4.69) is 15.1 Å². The molecule has 0 saturated heterocycles. The quantitative estimate of drug-likeness (QED) is 0.440. The van der Waals surface area contributed by atoms with Gasteiger partial charge in [0, 0.05) is 12.4 Å². The van der Waals surface area contributed by atoms with E-state index in [1.807, 2.05) is 0 Å². The highest BCUT2D eigenvalue weighted by atomic mass is 19.4. The van der Waals surface area contributed by atoms with Gasteiger partial charge in [0.15, 0.2) is 11.3 Å². The molecule has 0 atom stereocenters. The van der Waals surface area contributed by atoms with Gasteiger partial charge >= 0.3 is 12.4 Å². The van der Waals surface area contributed by atoms with E-state index >= 15 is 0 Å². The number of fused-ring (bicyclic) bond motifs is 1. The van der Waals surface area contributed by atoms with Gasteiger partial charge in [-0.05, 0) is 30.3 Å². The van der Waals surface area contributed by atoms with Crippen LogP contribution in [0.5, 0.6) is 0 Å². The standard InChI is InChI=1S/C17H8F6N4O/c18-16(19,20)9-1-2-13-11(7-9)25-15(28-13)10-3-5-24-8-12(10)27-6-4-14(26-27)17(21,22)23/h1-8H. The van der Waals surface area contributed by atoms with Crippen molar-refractivity contribution in [2.24, 2.45) is 0 Å². The fraction of sp³-hybridized carbons (Fsp3) is 0.118. The van der Waals surface area contributed by atoms with Crippen LogP contribution in [0.1, 0.15) is 11.3 Å². The summed E-state index contributed by atoms with van der Waals surface area (Å²) in [5.74, 6) is -0.0733. The van der Waals surface area contributed by atoms with Gasteiger partial charge in [-0.15, -0.1) is 0 Å². The zero-order valence-corrected chi connectivity index (χ0v) is 13.6. The summed E-state index contributed by atoms with van der Waals surface area (Å²) >= 11 is 0. The third-order valence-corrected chi connectivity index (χ3v) is 3.87. The minimum absolute atomic E-state index is 0.0379. The van der Waals surface area contributed by atoms with Gasteiger partial charge in [0.25, 0.3) is 0 Å². The van der Waals surface area contributed by atoms with Crippen LogP contribution in [0.3, 0.4) is 0 Å². The first kappa shape index (κ1) is 18.0. The van der Waals surface area contributed by atoms with Crippen LogP contribution in [0.25, 0.3) is 28.2 Å². The average molecular weight is 398 g/mol. The first-order chi connectivity index (χ1) is 13.1. The smallest absolute Gasteiger partial charge is 0.435 e. The van der Waals surface area contributed by atoms with Crippen molar-refractivity contribution in [2.45, 2.75) is 12.4 Å². The first-order valence-electron chi connectivity index (χ1n) is 7.68. The molecule has 0 bridgehead atoms. The molecule has 28 heavy (non-hydrogen) atoms. The van der Waals surface area contributed by atoms with E-state index in [0.717, 1.165) is 35.1 Å². The number of hydrogen-bond donors (Lipinski definition) is 0. The van der Waals surface area contributed by atoms with Crippen molar-refractivity contribution in [1.29, 1.82) is 0 Å². The van der Waals surface area contributed by atoms with Crippen molar-refractivity contribution < 1.29 is 30.8 Å². The molecule has 0 aliphatic rings. The molecule has 5 nitrogen and oxygen atoms in total. The Labute approximate surface area is 152 Å². The molecule has 3 aromatic heterocycles. The average Bonchev–Trinajstić information content (AvgIpc) is 3.27. The second-order valence-corrected chi connectivity index (χ2v) is 5.74. The molecular weight excluding hydrogens is 390 g/mol. The molecule has 11 heteroatoms. The zero-order valence-electron chi connectivity index (χ0n) is 13.6. The molecule has 0 unspecified atom stereocenters. The van der Waals surface area contributed by atoms with Crippen molar-refractivity contribution >= 4 is 11.1 Å². The zero-order chi connectivity index (χ0) is 20.1. The van der Waals surface area contributed by atoms with Crippen LogP contribution >= 0.6 is 0 Å². The molecule has 0 aliphatic carbocycles. The Morgan fingerprint density at radius 2 is 1.71 bits per heavy atom. The highest BCUT2D eigenvalue weighted by Gasteiger charge is 2.34. The highest BCUT2D eigenvalue weighted by Crippen LogP contribution is 2.34. The Bertz CT molecular complexity index is 1160. The molecule has 4 aromatic rings. The normalized spacial score (nSPS) is 12.6. The van der Waals surface area contributed by atoms with Gasteiger partial charge in [0.2, 0.25) is 5.89 Å². The fourth-order valence-electron chi connectivity index (χ4n) is 2.58. The van der Waals surface area contributed by atoms with E-state index in [0.29, 0.717) is 0 Å². The van der Waals surface area contributed by atoms with Crippen molar-refractivity contribution in [1.82, 2.24) is 19.7 Å². The molecule has 1 aromatic carbocycles. The van der Waals surface area contributed by atoms with Crippen LogP contribution in [0.15, 0.2) is 53.3 Å². The number of alkyl halides is 6. The summed E-state index contributed by atoms with van der Waals surface area (Å²) in [4.78, 5) is 7.90. The third-order valence-electron chi connectivity index (χ3n) is 3.87. The van der Waals surface area contributed by atoms with Crippen molar-refractivity contribution in [3.63, 3.8) is 0 Å².